The molecular weight excluding hydrogens is 142 g/mol. The van der Waals surface area contributed by atoms with Gasteiger partial charge in [0.15, 0.2) is 0 Å². The fraction of sp³-hybridized carbons (Fsp3) is 1.00. The maximum Gasteiger partial charge on any atom is 0.00721 e. The molecule has 0 aromatic heterocycles. The van der Waals surface area contributed by atoms with Gasteiger partial charge in [0.25, 0.3) is 0 Å². The second-order valence-electron chi connectivity index (χ2n) is 2.22. The van der Waals surface area contributed by atoms with Crippen LogP contribution in [0.2, 0.25) is 0 Å². The average molecular weight is 161 g/mol. The topological polar surface area (TPSA) is 3.24 Å². The largest absolute Gasteiger partial charge is 0.303 e. The molecule has 0 N–H and O–H groups in total. The second-order valence-corrected chi connectivity index (χ2v) is 3.62. The summed E-state index contributed by atoms with van der Waals surface area (Å²) in [6.45, 7) is 10.3. The first-order valence-corrected chi connectivity index (χ1v) is 5.30. The molecule has 0 unspecified atom stereocenters. The van der Waals surface area contributed by atoms with E-state index in [2.05, 4.69) is 25.7 Å². The molecule has 0 heterocycles. The zero-order valence-electron chi connectivity index (χ0n) is 7.39. The minimum atomic E-state index is 1.20. The van der Waals surface area contributed by atoms with Crippen LogP contribution in [-0.2, 0) is 0 Å². The highest BCUT2D eigenvalue weighted by Gasteiger charge is 1.96. The van der Waals surface area contributed by atoms with Crippen LogP contribution >= 0.6 is 11.8 Å². The molecule has 0 amide bonds. The first-order valence-electron chi connectivity index (χ1n) is 4.15. The summed E-state index contributed by atoms with van der Waals surface area (Å²) in [7, 11) is 0. The van der Waals surface area contributed by atoms with Crippen LogP contribution in [0.15, 0.2) is 0 Å². The highest BCUT2D eigenvalue weighted by Crippen LogP contribution is 1.98. The normalized spacial score (nSPS) is 10.8. The zero-order valence-corrected chi connectivity index (χ0v) is 8.21. The van der Waals surface area contributed by atoms with Crippen molar-refractivity contribution < 1.29 is 0 Å². The summed E-state index contributed by atoms with van der Waals surface area (Å²) in [4.78, 5) is 2.46. The van der Waals surface area contributed by atoms with Crippen molar-refractivity contribution in [1.29, 1.82) is 0 Å². The smallest absolute Gasteiger partial charge is 0.00721 e. The lowest BCUT2D eigenvalue weighted by molar-refractivity contribution is 0.324. The van der Waals surface area contributed by atoms with Crippen molar-refractivity contribution in [2.24, 2.45) is 0 Å². The maximum atomic E-state index is 2.46. The average Bonchev–Trinajstić information content (AvgIpc) is 1.99. The molecule has 0 radical (unpaired) electrons. The van der Waals surface area contributed by atoms with Crippen molar-refractivity contribution in [2.75, 3.05) is 31.1 Å². The molecule has 0 atom stereocenters. The Bertz CT molecular complexity index is 62.3. The molecule has 0 aromatic rings. The fourth-order valence-corrected chi connectivity index (χ4v) is 1.55. The van der Waals surface area contributed by atoms with E-state index in [1.165, 1.54) is 31.1 Å². The zero-order chi connectivity index (χ0) is 7.82. The van der Waals surface area contributed by atoms with Gasteiger partial charge in [0.1, 0.15) is 0 Å². The molecule has 1 nitrogen and oxygen atoms in total. The van der Waals surface area contributed by atoms with Crippen molar-refractivity contribution in [3.05, 3.63) is 0 Å². The van der Waals surface area contributed by atoms with Gasteiger partial charge in [0.2, 0.25) is 0 Å². The summed E-state index contributed by atoms with van der Waals surface area (Å²) in [5.41, 5.74) is 0. The number of nitrogens with zero attached hydrogens (tertiary/aromatic N) is 1. The van der Waals surface area contributed by atoms with E-state index in [0.29, 0.717) is 0 Å². The van der Waals surface area contributed by atoms with Crippen LogP contribution < -0.4 is 0 Å². The highest BCUT2D eigenvalue weighted by molar-refractivity contribution is 7.99. The predicted octanol–water partition coefficient (Wildman–Crippen LogP) is 2.08. The van der Waals surface area contributed by atoms with E-state index in [0.717, 1.165) is 0 Å². The van der Waals surface area contributed by atoms with Crippen LogP contribution in [0.3, 0.4) is 0 Å². The fourth-order valence-electron chi connectivity index (χ4n) is 0.878. The maximum absolute atomic E-state index is 2.46. The third kappa shape index (κ3) is 5.12. The van der Waals surface area contributed by atoms with Gasteiger partial charge in [-0.25, -0.2) is 0 Å². The molecule has 0 aliphatic heterocycles. The molecule has 2 heteroatoms. The highest BCUT2D eigenvalue weighted by atomic mass is 32.2. The molecule has 0 bridgehead atoms. The predicted molar refractivity (Wildman–Crippen MR) is 50.8 cm³/mol. The number of thioether (sulfide) groups is 1. The van der Waals surface area contributed by atoms with Crippen molar-refractivity contribution in [3.63, 3.8) is 0 Å². The van der Waals surface area contributed by atoms with Crippen LogP contribution in [-0.4, -0.2) is 36.0 Å². The van der Waals surface area contributed by atoms with E-state index in [9.17, 15) is 0 Å². The Labute approximate surface area is 69.2 Å². The molecule has 0 fully saturated rings. The minimum absolute atomic E-state index is 1.20. The van der Waals surface area contributed by atoms with Crippen molar-refractivity contribution in [1.82, 2.24) is 4.90 Å². The van der Waals surface area contributed by atoms with Crippen molar-refractivity contribution in [2.45, 2.75) is 20.8 Å². The molecule has 0 aromatic carbocycles. The van der Waals surface area contributed by atoms with Crippen LogP contribution in [0.1, 0.15) is 20.8 Å². The Morgan fingerprint density at radius 1 is 1.10 bits per heavy atom. The first-order chi connectivity index (χ1) is 4.85. The summed E-state index contributed by atoms with van der Waals surface area (Å²) < 4.78 is 0. The Kier molecular flexibility index (Phi) is 7.65. The summed E-state index contributed by atoms with van der Waals surface area (Å²) in [6, 6.07) is 0. The van der Waals surface area contributed by atoms with Gasteiger partial charge in [-0.3, -0.25) is 0 Å². The van der Waals surface area contributed by atoms with E-state index in [1.807, 2.05) is 11.8 Å². The van der Waals surface area contributed by atoms with Gasteiger partial charge < -0.3 is 4.90 Å². The first kappa shape index (κ1) is 10.3. The lowest BCUT2D eigenvalue weighted by Crippen LogP contribution is -2.25. The third-order valence-corrected chi connectivity index (χ3v) is 2.53. The lowest BCUT2D eigenvalue weighted by Gasteiger charge is -2.16. The minimum Gasteiger partial charge on any atom is -0.303 e. The van der Waals surface area contributed by atoms with Crippen molar-refractivity contribution >= 4 is 11.8 Å². The molecule has 0 saturated heterocycles. The Morgan fingerprint density at radius 3 is 2.10 bits per heavy atom. The Morgan fingerprint density at radius 2 is 1.70 bits per heavy atom. The number of hydrogen-bond donors (Lipinski definition) is 0. The summed E-state index contributed by atoms with van der Waals surface area (Å²) in [5.74, 6) is 2.54. The molecule has 0 aliphatic carbocycles. The number of hydrogen-bond acceptors (Lipinski definition) is 2. The van der Waals surface area contributed by atoms with E-state index < -0.39 is 0 Å². The second kappa shape index (κ2) is 7.42. The van der Waals surface area contributed by atoms with Crippen molar-refractivity contribution in [3.8, 4) is 0 Å². The van der Waals surface area contributed by atoms with Gasteiger partial charge >= 0.3 is 0 Å². The lowest BCUT2D eigenvalue weighted by atomic mass is 10.5. The Balaban J connectivity index is 3.09. The molecule has 0 saturated carbocycles. The van der Waals surface area contributed by atoms with Gasteiger partial charge in [0, 0.05) is 12.3 Å². The van der Waals surface area contributed by atoms with Gasteiger partial charge in [0.05, 0.1) is 0 Å². The van der Waals surface area contributed by atoms with E-state index in [4.69, 9.17) is 0 Å². The van der Waals surface area contributed by atoms with Gasteiger partial charge in [-0.2, -0.15) is 11.8 Å². The van der Waals surface area contributed by atoms with Crippen LogP contribution in [0.5, 0.6) is 0 Å². The van der Waals surface area contributed by atoms with Crippen LogP contribution in [0, 0.1) is 0 Å². The van der Waals surface area contributed by atoms with E-state index in [-0.39, 0.29) is 0 Å². The molecule has 0 spiro atoms. The standard InChI is InChI=1S/C8H19NS/c1-4-9(5-2)7-8-10-6-3/h4-8H2,1-3H3. The van der Waals surface area contributed by atoms with E-state index >= 15 is 0 Å². The monoisotopic (exact) mass is 161 g/mol. The van der Waals surface area contributed by atoms with Crippen LogP contribution in [0.25, 0.3) is 0 Å². The van der Waals surface area contributed by atoms with Gasteiger partial charge in [-0.05, 0) is 18.8 Å². The summed E-state index contributed by atoms with van der Waals surface area (Å²) >= 11 is 2.03. The van der Waals surface area contributed by atoms with Crippen LogP contribution in [0.4, 0.5) is 0 Å². The number of rotatable bonds is 6. The quantitative estimate of drug-likeness (QED) is 0.549. The molecule has 62 valence electrons. The van der Waals surface area contributed by atoms with Gasteiger partial charge in [-0.1, -0.05) is 20.8 Å². The molecule has 0 rings (SSSR count). The summed E-state index contributed by atoms with van der Waals surface area (Å²) in [5, 5.41) is 0. The van der Waals surface area contributed by atoms with Gasteiger partial charge in [-0.15, -0.1) is 0 Å². The Hall–Kier alpha value is 0.310. The summed E-state index contributed by atoms with van der Waals surface area (Å²) in [6.07, 6.45) is 0. The third-order valence-electron chi connectivity index (χ3n) is 1.65. The SMILES string of the molecule is CCSCCN(CC)CC. The molecule has 0 aliphatic rings. The molecule has 10 heavy (non-hydrogen) atoms. The molecular formula is C8H19NS. The van der Waals surface area contributed by atoms with E-state index in [1.54, 1.807) is 0 Å².